The quantitative estimate of drug-likeness (QED) is 0.860. The number of piperidine rings is 1. The van der Waals surface area contributed by atoms with Crippen molar-refractivity contribution in [2.45, 2.75) is 31.8 Å². The number of nitrogens with zero attached hydrogens (tertiary/aromatic N) is 2. The molecule has 1 aliphatic heterocycles. The summed E-state index contributed by atoms with van der Waals surface area (Å²) in [6.07, 6.45) is 2.65. The molecule has 0 saturated carbocycles. The molecule has 20 heavy (non-hydrogen) atoms. The van der Waals surface area contributed by atoms with Crippen LogP contribution in [0, 0.1) is 0 Å². The molecule has 3 heteroatoms. The van der Waals surface area contributed by atoms with Crippen LogP contribution in [0.2, 0.25) is 0 Å². The summed E-state index contributed by atoms with van der Waals surface area (Å²) in [6.45, 7) is 6.75. The molecule has 3 nitrogen and oxygen atoms in total. The van der Waals surface area contributed by atoms with Crippen molar-refractivity contribution in [3.8, 4) is 0 Å². The lowest BCUT2D eigenvalue weighted by molar-refractivity contribution is 0.123. The first-order valence-corrected chi connectivity index (χ1v) is 7.87. The van der Waals surface area contributed by atoms with Crippen molar-refractivity contribution >= 4 is 0 Å². The molecule has 1 heterocycles. The van der Waals surface area contributed by atoms with Gasteiger partial charge in [0.25, 0.3) is 0 Å². The van der Waals surface area contributed by atoms with E-state index >= 15 is 0 Å². The minimum absolute atomic E-state index is 0.446. The van der Waals surface area contributed by atoms with E-state index in [9.17, 15) is 0 Å². The van der Waals surface area contributed by atoms with Crippen molar-refractivity contribution in [3.63, 3.8) is 0 Å². The molecule has 0 aromatic heterocycles. The Hall–Kier alpha value is -0.900. The number of nitrogens with one attached hydrogen (secondary N) is 1. The molecule has 2 atom stereocenters. The highest BCUT2D eigenvalue weighted by atomic mass is 15.2. The van der Waals surface area contributed by atoms with E-state index in [-0.39, 0.29) is 0 Å². The SMILES string of the molecule is CCNC(CN1CCCC(N(C)C)C1)c1ccccc1. The van der Waals surface area contributed by atoms with Crippen LogP contribution in [0.3, 0.4) is 0 Å². The number of hydrogen-bond donors (Lipinski definition) is 1. The van der Waals surface area contributed by atoms with Crippen molar-refractivity contribution in [2.24, 2.45) is 0 Å². The van der Waals surface area contributed by atoms with E-state index in [0.29, 0.717) is 12.1 Å². The first-order valence-electron chi connectivity index (χ1n) is 7.87. The molecule has 112 valence electrons. The summed E-state index contributed by atoms with van der Waals surface area (Å²) in [4.78, 5) is 4.99. The number of likely N-dealkylation sites (N-methyl/N-ethyl adjacent to an activating group) is 2. The maximum Gasteiger partial charge on any atom is 0.0449 e. The van der Waals surface area contributed by atoms with Gasteiger partial charge in [-0.1, -0.05) is 37.3 Å². The first kappa shape index (κ1) is 15.5. The van der Waals surface area contributed by atoms with E-state index < -0.39 is 0 Å². The molecule has 0 amide bonds. The molecule has 2 rings (SSSR count). The minimum Gasteiger partial charge on any atom is -0.309 e. The van der Waals surface area contributed by atoms with Gasteiger partial charge in [0.15, 0.2) is 0 Å². The zero-order chi connectivity index (χ0) is 14.4. The van der Waals surface area contributed by atoms with Crippen molar-refractivity contribution in [2.75, 3.05) is 40.3 Å². The van der Waals surface area contributed by atoms with Crippen LogP contribution in [0.15, 0.2) is 30.3 Å². The van der Waals surface area contributed by atoms with Crippen LogP contribution in [-0.4, -0.2) is 56.1 Å². The van der Waals surface area contributed by atoms with Crippen LogP contribution in [0.4, 0.5) is 0 Å². The Kier molecular flexibility index (Phi) is 6.02. The van der Waals surface area contributed by atoms with E-state index in [0.717, 1.165) is 13.1 Å². The maximum atomic E-state index is 3.63. The van der Waals surface area contributed by atoms with E-state index in [1.807, 2.05) is 0 Å². The molecule has 1 aliphatic rings. The van der Waals surface area contributed by atoms with Gasteiger partial charge in [-0.05, 0) is 45.6 Å². The van der Waals surface area contributed by atoms with E-state index in [1.165, 1.54) is 31.5 Å². The zero-order valence-electron chi connectivity index (χ0n) is 13.2. The standard InChI is InChI=1S/C17H29N3/c1-4-18-17(15-9-6-5-7-10-15)14-20-12-8-11-16(13-20)19(2)3/h5-7,9-10,16-18H,4,8,11-14H2,1-3H3. The molecule has 1 aromatic carbocycles. The normalized spacial score (nSPS) is 22.1. The van der Waals surface area contributed by atoms with Crippen LogP contribution in [0.25, 0.3) is 0 Å². The molecule has 0 aliphatic carbocycles. The van der Waals surface area contributed by atoms with E-state index in [4.69, 9.17) is 0 Å². The second-order valence-electron chi connectivity index (χ2n) is 6.04. The van der Waals surface area contributed by atoms with E-state index in [2.05, 4.69) is 66.5 Å². The minimum atomic E-state index is 0.446. The average molecular weight is 275 g/mol. The Balaban J connectivity index is 1.97. The van der Waals surface area contributed by atoms with Gasteiger partial charge in [-0.15, -0.1) is 0 Å². The topological polar surface area (TPSA) is 18.5 Å². The smallest absolute Gasteiger partial charge is 0.0449 e. The Morgan fingerprint density at radius 2 is 2.05 bits per heavy atom. The third-order valence-corrected chi connectivity index (χ3v) is 4.30. The van der Waals surface area contributed by atoms with Crippen LogP contribution in [0.1, 0.15) is 31.4 Å². The highest BCUT2D eigenvalue weighted by Crippen LogP contribution is 2.19. The van der Waals surface area contributed by atoms with Gasteiger partial charge in [-0.3, -0.25) is 4.90 Å². The predicted octanol–water partition coefficient (Wildman–Crippen LogP) is 2.36. The van der Waals surface area contributed by atoms with Gasteiger partial charge in [-0.2, -0.15) is 0 Å². The third kappa shape index (κ3) is 4.30. The predicted molar refractivity (Wildman–Crippen MR) is 86.0 cm³/mol. The second kappa shape index (κ2) is 7.77. The summed E-state index contributed by atoms with van der Waals surface area (Å²) in [5, 5.41) is 3.63. The first-order chi connectivity index (χ1) is 9.70. The van der Waals surface area contributed by atoms with Crippen molar-refractivity contribution in [1.29, 1.82) is 0 Å². The van der Waals surface area contributed by atoms with Gasteiger partial charge < -0.3 is 10.2 Å². The monoisotopic (exact) mass is 275 g/mol. The highest BCUT2D eigenvalue weighted by molar-refractivity contribution is 5.19. The molecule has 2 unspecified atom stereocenters. The zero-order valence-corrected chi connectivity index (χ0v) is 13.2. The van der Waals surface area contributed by atoms with Gasteiger partial charge in [0.05, 0.1) is 0 Å². The Morgan fingerprint density at radius 1 is 1.30 bits per heavy atom. The van der Waals surface area contributed by atoms with Crippen LogP contribution >= 0.6 is 0 Å². The molecular formula is C17H29N3. The summed E-state index contributed by atoms with van der Waals surface area (Å²) in [5.41, 5.74) is 1.40. The van der Waals surface area contributed by atoms with Crippen LogP contribution in [0.5, 0.6) is 0 Å². The lowest BCUT2D eigenvalue weighted by atomic mass is 10.0. The molecule has 0 radical (unpaired) electrons. The third-order valence-electron chi connectivity index (χ3n) is 4.30. The Morgan fingerprint density at radius 3 is 2.70 bits per heavy atom. The van der Waals surface area contributed by atoms with Crippen LogP contribution < -0.4 is 5.32 Å². The van der Waals surface area contributed by atoms with Crippen molar-refractivity contribution in [1.82, 2.24) is 15.1 Å². The Labute approximate surface area is 124 Å². The molecule has 1 N–H and O–H groups in total. The maximum absolute atomic E-state index is 3.63. The van der Waals surface area contributed by atoms with Gasteiger partial charge in [0.2, 0.25) is 0 Å². The molecule has 1 aromatic rings. The molecule has 1 fully saturated rings. The highest BCUT2D eigenvalue weighted by Gasteiger charge is 2.23. The van der Waals surface area contributed by atoms with Gasteiger partial charge >= 0.3 is 0 Å². The summed E-state index contributed by atoms with van der Waals surface area (Å²) in [6, 6.07) is 12.0. The fourth-order valence-corrected chi connectivity index (χ4v) is 3.10. The van der Waals surface area contributed by atoms with Crippen molar-refractivity contribution < 1.29 is 0 Å². The summed E-state index contributed by atoms with van der Waals surface area (Å²) >= 11 is 0. The van der Waals surface area contributed by atoms with Crippen LogP contribution in [-0.2, 0) is 0 Å². The largest absolute Gasteiger partial charge is 0.309 e. The molecular weight excluding hydrogens is 246 g/mol. The summed E-state index contributed by atoms with van der Waals surface area (Å²) in [7, 11) is 4.40. The molecule has 1 saturated heterocycles. The molecule has 0 bridgehead atoms. The number of hydrogen-bond acceptors (Lipinski definition) is 3. The summed E-state index contributed by atoms with van der Waals surface area (Å²) < 4.78 is 0. The number of benzene rings is 1. The lowest BCUT2D eigenvalue weighted by Crippen LogP contribution is -2.47. The van der Waals surface area contributed by atoms with E-state index in [1.54, 1.807) is 0 Å². The fourth-order valence-electron chi connectivity index (χ4n) is 3.10. The fraction of sp³-hybridized carbons (Fsp3) is 0.647. The average Bonchev–Trinajstić information content (AvgIpc) is 2.48. The lowest BCUT2D eigenvalue weighted by Gasteiger charge is -2.38. The van der Waals surface area contributed by atoms with Gasteiger partial charge in [0.1, 0.15) is 0 Å². The van der Waals surface area contributed by atoms with Gasteiger partial charge in [0, 0.05) is 25.2 Å². The molecule has 0 spiro atoms. The number of likely N-dealkylation sites (tertiary alicyclic amines) is 1. The summed E-state index contributed by atoms with van der Waals surface area (Å²) in [5.74, 6) is 0. The van der Waals surface area contributed by atoms with Gasteiger partial charge in [-0.25, -0.2) is 0 Å². The second-order valence-corrected chi connectivity index (χ2v) is 6.04. The Bertz CT molecular complexity index is 377. The number of rotatable bonds is 6. The van der Waals surface area contributed by atoms with Crippen molar-refractivity contribution in [3.05, 3.63) is 35.9 Å².